The van der Waals surface area contributed by atoms with E-state index in [1.807, 2.05) is 6.92 Å². The summed E-state index contributed by atoms with van der Waals surface area (Å²) in [4.78, 5) is 22.7. The standard InChI is InChI=1S/C15H21NO3S/c1-11-4-6-13(7-5-11)9-20-10-14(17)16-12(2)8-15(18)19-3/h4-7,12H,8-10H2,1-3H3,(H,16,17). The van der Waals surface area contributed by atoms with Gasteiger partial charge in [0.05, 0.1) is 19.3 Å². The Labute approximate surface area is 124 Å². The average molecular weight is 295 g/mol. The van der Waals surface area contributed by atoms with E-state index in [2.05, 4.69) is 34.3 Å². The summed E-state index contributed by atoms with van der Waals surface area (Å²) >= 11 is 1.56. The van der Waals surface area contributed by atoms with E-state index < -0.39 is 0 Å². The normalized spacial score (nSPS) is 11.8. The van der Waals surface area contributed by atoms with Gasteiger partial charge in [-0.05, 0) is 19.4 Å². The maximum atomic E-state index is 11.7. The van der Waals surface area contributed by atoms with Gasteiger partial charge in [0.15, 0.2) is 0 Å². The predicted molar refractivity (Wildman–Crippen MR) is 81.6 cm³/mol. The molecule has 1 aromatic rings. The van der Waals surface area contributed by atoms with Gasteiger partial charge in [-0.15, -0.1) is 11.8 Å². The number of nitrogens with one attached hydrogen (secondary N) is 1. The summed E-state index contributed by atoms with van der Waals surface area (Å²) in [7, 11) is 1.34. The SMILES string of the molecule is COC(=O)CC(C)NC(=O)CSCc1ccc(C)cc1. The van der Waals surface area contributed by atoms with E-state index in [1.54, 1.807) is 18.7 Å². The number of carbonyl (C=O) groups is 2. The molecule has 1 unspecified atom stereocenters. The average Bonchev–Trinajstić information content (AvgIpc) is 2.40. The molecule has 1 atom stereocenters. The molecule has 0 bridgehead atoms. The highest BCUT2D eigenvalue weighted by atomic mass is 32.2. The summed E-state index contributed by atoms with van der Waals surface area (Å²) in [5.41, 5.74) is 2.43. The highest BCUT2D eigenvalue weighted by Gasteiger charge is 2.11. The lowest BCUT2D eigenvalue weighted by atomic mass is 10.2. The van der Waals surface area contributed by atoms with Crippen LogP contribution < -0.4 is 5.32 Å². The molecule has 0 radical (unpaired) electrons. The van der Waals surface area contributed by atoms with Crippen LogP contribution >= 0.6 is 11.8 Å². The fraction of sp³-hybridized carbons (Fsp3) is 0.467. The molecule has 1 N–H and O–H groups in total. The maximum absolute atomic E-state index is 11.7. The Morgan fingerprint density at radius 1 is 1.30 bits per heavy atom. The number of hydrogen-bond donors (Lipinski definition) is 1. The maximum Gasteiger partial charge on any atom is 0.307 e. The van der Waals surface area contributed by atoms with Crippen molar-refractivity contribution in [2.75, 3.05) is 12.9 Å². The first-order chi connectivity index (χ1) is 9.51. The number of esters is 1. The summed E-state index contributed by atoms with van der Waals surface area (Å²) < 4.78 is 4.56. The van der Waals surface area contributed by atoms with Crippen molar-refractivity contribution in [2.45, 2.75) is 32.1 Å². The Kier molecular flexibility index (Phi) is 7.15. The molecule has 5 heteroatoms. The Bertz CT molecular complexity index is 445. The summed E-state index contributed by atoms with van der Waals surface area (Å²) in [6.07, 6.45) is 0.199. The van der Waals surface area contributed by atoms with Crippen LogP contribution in [0.25, 0.3) is 0 Å². The summed E-state index contributed by atoms with van der Waals surface area (Å²) in [6, 6.07) is 8.07. The van der Waals surface area contributed by atoms with Gasteiger partial charge in [0, 0.05) is 11.8 Å². The van der Waals surface area contributed by atoms with Gasteiger partial charge in [0.1, 0.15) is 0 Å². The fourth-order valence-electron chi connectivity index (χ4n) is 1.65. The van der Waals surface area contributed by atoms with E-state index >= 15 is 0 Å². The van der Waals surface area contributed by atoms with Crippen LogP contribution in [-0.2, 0) is 20.1 Å². The number of rotatable bonds is 7. The zero-order chi connectivity index (χ0) is 15.0. The number of benzene rings is 1. The number of hydrogen-bond acceptors (Lipinski definition) is 4. The van der Waals surface area contributed by atoms with Crippen molar-refractivity contribution < 1.29 is 14.3 Å². The molecule has 1 rings (SSSR count). The van der Waals surface area contributed by atoms with E-state index in [9.17, 15) is 9.59 Å². The minimum atomic E-state index is -0.315. The van der Waals surface area contributed by atoms with Crippen LogP contribution in [0, 0.1) is 6.92 Å². The summed E-state index contributed by atoms with van der Waals surface area (Å²) in [5, 5.41) is 2.78. The van der Waals surface area contributed by atoms with Crippen LogP contribution in [0.2, 0.25) is 0 Å². The lowest BCUT2D eigenvalue weighted by Gasteiger charge is -2.12. The first-order valence-electron chi connectivity index (χ1n) is 6.50. The number of amides is 1. The highest BCUT2D eigenvalue weighted by Crippen LogP contribution is 2.12. The van der Waals surface area contributed by atoms with Crippen molar-refractivity contribution in [3.8, 4) is 0 Å². The molecule has 20 heavy (non-hydrogen) atoms. The van der Waals surface area contributed by atoms with Crippen molar-refractivity contribution in [3.63, 3.8) is 0 Å². The van der Waals surface area contributed by atoms with Crippen molar-refractivity contribution in [1.29, 1.82) is 0 Å². The lowest BCUT2D eigenvalue weighted by molar-refractivity contribution is -0.141. The Morgan fingerprint density at radius 3 is 2.55 bits per heavy atom. The number of thioether (sulfide) groups is 1. The molecule has 4 nitrogen and oxygen atoms in total. The Morgan fingerprint density at radius 2 is 1.95 bits per heavy atom. The molecule has 0 aliphatic carbocycles. The van der Waals surface area contributed by atoms with Crippen molar-refractivity contribution in [1.82, 2.24) is 5.32 Å². The Hall–Kier alpha value is -1.49. The van der Waals surface area contributed by atoms with Crippen molar-refractivity contribution >= 4 is 23.6 Å². The number of methoxy groups -OCH3 is 1. The molecule has 0 saturated carbocycles. The summed E-state index contributed by atoms with van der Waals surface area (Å²) in [5.74, 6) is 0.821. The number of aryl methyl sites for hydroxylation is 1. The lowest BCUT2D eigenvalue weighted by Crippen LogP contribution is -2.35. The first-order valence-corrected chi connectivity index (χ1v) is 7.66. The molecular formula is C15H21NO3S. The summed E-state index contributed by atoms with van der Waals surface area (Å²) in [6.45, 7) is 3.84. The fourth-order valence-corrected chi connectivity index (χ4v) is 2.45. The van der Waals surface area contributed by atoms with Crippen LogP contribution in [0.15, 0.2) is 24.3 Å². The van der Waals surface area contributed by atoms with E-state index in [0.717, 1.165) is 5.75 Å². The largest absolute Gasteiger partial charge is 0.469 e. The van der Waals surface area contributed by atoms with Gasteiger partial charge in [-0.1, -0.05) is 29.8 Å². The second kappa shape index (κ2) is 8.64. The number of carbonyl (C=O) groups excluding carboxylic acids is 2. The van der Waals surface area contributed by atoms with Gasteiger partial charge in [0.2, 0.25) is 5.91 Å². The van der Waals surface area contributed by atoms with E-state index in [1.165, 1.54) is 18.2 Å². The quantitative estimate of drug-likeness (QED) is 0.784. The molecule has 1 amide bonds. The highest BCUT2D eigenvalue weighted by molar-refractivity contribution is 7.99. The molecule has 0 heterocycles. The van der Waals surface area contributed by atoms with Crippen LogP contribution in [0.5, 0.6) is 0 Å². The van der Waals surface area contributed by atoms with Gasteiger partial charge < -0.3 is 10.1 Å². The van der Waals surface area contributed by atoms with E-state index in [4.69, 9.17) is 0 Å². The number of ether oxygens (including phenoxy) is 1. The van der Waals surface area contributed by atoms with Gasteiger partial charge in [-0.2, -0.15) is 0 Å². The monoisotopic (exact) mass is 295 g/mol. The second-order valence-corrected chi connectivity index (χ2v) is 5.71. The zero-order valence-corrected chi connectivity index (χ0v) is 13.0. The van der Waals surface area contributed by atoms with Crippen LogP contribution in [0.3, 0.4) is 0 Å². The molecule has 110 valence electrons. The first kappa shape index (κ1) is 16.6. The molecule has 0 fully saturated rings. The van der Waals surface area contributed by atoms with Crippen LogP contribution in [0.4, 0.5) is 0 Å². The third-order valence-electron chi connectivity index (χ3n) is 2.73. The molecule has 1 aromatic carbocycles. The van der Waals surface area contributed by atoms with E-state index in [0.29, 0.717) is 5.75 Å². The van der Waals surface area contributed by atoms with Crippen molar-refractivity contribution in [3.05, 3.63) is 35.4 Å². The van der Waals surface area contributed by atoms with Crippen LogP contribution in [-0.4, -0.2) is 30.8 Å². The molecular weight excluding hydrogens is 274 g/mol. The van der Waals surface area contributed by atoms with Gasteiger partial charge >= 0.3 is 5.97 Å². The van der Waals surface area contributed by atoms with Gasteiger partial charge in [-0.3, -0.25) is 9.59 Å². The smallest absolute Gasteiger partial charge is 0.307 e. The molecule has 0 aliphatic heterocycles. The van der Waals surface area contributed by atoms with Crippen LogP contribution in [0.1, 0.15) is 24.5 Å². The molecule has 0 saturated heterocycles. The van der Waals surface area contributed by atoms with E-state index in [-0.39, 0.29) is 24.3 Å². The van der Waals surface area contributed by atoms with Gasteiger partial charge in [-0.25, -0.2) is 0 Å². The van der Waals surface area contributed by atoms with Crippen molar-refractivity contribution in [2.24, 2.45) is 0 Å². The molecule has 0 aliphatic rings. The second-order valence-electron chi connectivity index (χ2n) is 4.73. The third kappa shape index (κ3) is 6.61. The topological polar surface area (TPSA) is 55.4 Å². The minimum Gasteiger partial charge on any atom is -0.469 e. The predicted octanol–water partition coefficient (Wildman–Crippen LogP) is 2.30. The zero-order valence-electron chi connectivity index (χ0n) is 12.1. The molecule has 0 spiro atoms. The minimum absolute atomic E-state index is 0.0569. The van der Waals surface area contributed by atoms with Gasteiger partial charge in [0.25, 0.3) is 0 Å². The Balaban J connectivity index is 2.23. The molecule has 0 aromatic heterocycles. The third-order valence-corrected chi connectivity index (χ3v) is 3.73.